The maximum atomic E-state index is 12.2. The Balaban J connectivity index is 1.37. The number of carbonyl (C=O) groups excluding carboxylic acids is 1. The predicted octanol–water partition coefficient (Wildman–Crippen LogP) is 4.08. The van der Waals surface area contributed by atoms with Gasteiger partial charge in [-0.1, -0.05) is 32.5 Å². The van der Waals surface area contributed by atoms with Crippen molar-refractivity contribution >= 4 is 29.0 Å². The predicted molar refractivity (Wildman–Crippen MR) is 122 cm³/mol. The topological polar surface area (TPSA) is 69.0 Å². The lowest BCUT2D eigenvalue weighted by atomic mass is 9.72. The third-order valence-corrected chi connectivity index (χ3v) is 8.50. The molecule has 1 saturated heterocycles. The highest BCUT2D eigenvalue weighted by atomic mass is 32.2. The Morgan fingerprint density at radius 1 is 1.37 bits per heavy atom. The molecule has 0 bridgehead atoms. The molecule has 1 amide bonds. The number of hydrogen-bond acceptors (Lipinski definition) is 6. The van der Waals surface area contributed by atoms with Crippen molar-refractivity contribution in [3.63, 3.8) is 0 Å². The molecule has 1 fully saturated rings. The second kappa shape index (κ2) is 9.01. The van der Waals surface area contributed by atoms with Gasteiger partial charge < -0.3 is 14.6 Å². The van der Waals surface area contributed by atoms with Crippen LogP contribution in [0, 0.1) is 11.3 Å². The Kier molecular flexibility index (Phi) is 6.55. The highest BCUT2D eigenvalue weighted by Crippen LogP contribution is 2.42. The highest BCUT2D eigenvalue weighted by Gasteiger charge is 2.30. The van der Waals surface area contributed by atoms with Crippen LogP contribution in [0.1, 0.15) is 50.5 Å². The Hall–Kier alpha value is -1.38. The van der Waals surface area contributed by atoms with Crippen molar-refractivity contribution in [2.75, 3.05) is 18.9 Å². The van der Waals surface area contributed by atoms with Crippen molar-refractivity contribution < 1.29 is 9.53 Å². The first-order chi connectivity index (χ1) is 14.3. The summed E-state index contributed by atoms with van der Waals surface area (Å²) in [5.74, 6) is 1.97. The lowest BCUT2D eigenvalue weighted by molar-refractivity contribution is -0.119. The number of hydrogen-bond donors (Lipinski definition) is 1. The van der Waals surface area contributed by atoms with Crippen LogP contribution in [0.2, 0.25) is 0 Å². The fourth-order valence-electron chi connectivity index (χ4n) is 4.24. The largest absolute Gasteiger partial charge is 0.376 e. The van der Waals surface area contributed by atoms with E-state index in [1.54, 1.807) is 0 Å². The van der Waals surface area contributed by atoms with Gasteiger partial charge in [-0.25, -0.2) is 0 Å². The molecule has 3 heterocycles. The van der Waals surface area contributed by atoms with Gasteiger partial charge in [0.15, 0.2) is 11.0 Å². The second-order valence-corrected chi connectivity index (χ2v) is 11.5. The van der Waals surface area contributed by atoms with Gasteiger partial charge in [0.1, 0.15) is 0 Å². The second-order valence-electron chi connectivity index (χ2n) is 9.46. The lowest BCUT2D eigenvalue weighted by Crippen LogP contribution is -2.32. The number of carbonyl (C=O) groups is 1. The molecule has 2 aromatic rings. The molecule has 30 heavy (non-hydrogen) atoms. The Morgan fingerprint density at radius 3 is 2.93 bits per heavy atom. The van der Waals surface area contributed by atoms with Gasteiger partial charge in [-0.3, -0.25) is 4.79 Å². The first-order valence-electron chi connectivity index (χ1n) is 10.8. The molecule has 2 atom stereocenters. The number of ether oxygens (including phenoxy) is 1. The van der Waals surface area contributed by atoms with E-state index in [9.17, 15) is 4.79 Å². The minimum atomic E-state index is 0.0138. The molecule has 4 rings (SSSR count). The minimum absolute atomic E-state index is 0.0138. The fourth-order valence-corrected chi connectivity index (χ4v) is 6.21. The molecule has 0 radical (unpaired) electrons. The molecule has 2 aromatic heterocycles. The quantitative estimate of drug-likeness (QED) is 0.675. The van der Waals surface area contributed by atoms with E-state index in [4.69, 9.17) is 4.74 Å². The average molecular weight is 449 g/mol. The maximum absolute atomic E-state index is 12.2. The van der Waals surface area contributed by atoms with E-state index in [1.165, 1.54) is 33.5 Å². The summed E-state index contributed by atoms with van der Waals surface area (Å²) in [6.45, 7) is 8.44. The summed E-state index contributed by atoms with van der Waals surface area (Å²) in [7, 11) is 1.98. The summed E-state index contributed by atoms with van der Waals surface area (Å²) in [5, 5.41) is 12.5. The molecule has 164 valence electrons. The van der Waals surface area contributed by atoms with Crippen LogP contribution in [0.4, 0.5) is 0 Å². The molecular weight excluding hydrogens is 416 g/mol. The minimum Gasteiger partial charge on any atom is -0.376 e. The van der Waals surface area contributed by atoms with Crippen LogP contribution in [0.5, 0.6) is 0 Å². The summed E-state index contributed by atoms with van der Waals surface area (Å²) >= 11 is 3.28. The zero-order chi connectivity index (χ0) is 21.3. The van der Waals surface area contributed by atoms with Gasteiger partial charge in [-0.05, 0) is 55.1 Å². The van der Waals surface area contributed by atoms with Crippen LogP contribution >= 0.6 is 23.1 Å². The number of amides is 1. The van der Waals surface area contributed by atoms with Crippen molar-refractivity contribution in [1.82, 2.24) is 20.1 Å². The monoisotopic (exact) mass is 448 g/mol. The number of aryl methyl sites for hydroxylation is 1. The van der Waals surface area contributed by atoms with Crippen molar-refractivity contribution in [3.8, 4) is 10.7 Å². The zero-order valence-electron chi connectivity index (χ0n) is 18.4. The standard InChI is InChI=1S/C22H32N4O2S2/c1-22(2,3)15-7-8-17-14(10-15)11-18(30-17)20-24-25-21(26(20)4)29-13-19(27)23-12-16-6-5-9-28-16/h11,15-16H,5-10,12-13H2,1-4H3,(H,23,27). The summed E-state index contributed by atoms with van der Waals surface area (Å²) in [6.07, 6.45) is 5.85. The Bertz CT molecular complexity index is 894. The molecule has 1 aliphatic carbocycles. The van der Waals surface area contributed by atoms with Crippen molar-refractivity contribution in [2.45, 2.75) is 64.1 Å². The third-order valence-electron chi connectivity index (χ3n) is 6.25. The van der Waals surface area contributed by atoms with E-state index >= 15 is 0 Å². The first-order valence-corrected chi connectivity index (χ1v) is 12.6. The van der Waals surface area contributed by atoms with E-state index in [2.05, 4.69) is 42.4 Å². The van der Waals surface area contributed by atoms with Crippen molar-refractivity contribution in [1.29, 1.82) is 0 Å². The SMILES string of the molecule is Cn1c(SCC(=O)NCC2CCCO2)nnc1-c1cc2c(s1)CCC(C(C)(C)C)C2. The number of rotatable bonds is 6. The first kappa shape index (κ1) is 21.8. The van der Waals surface area contributed by atoms with Gasteiger partial charge in [0, 0.05) is 25.1 Å². The molecule has 2 aliphatic rings. The fraction of sp³-hybridized carbons (Fsp3) is 0.682. The molecule has 8 heteroatoms. The van der Waals surface area contributed by atoms with Crippen LogP contribution in [-0.4, -0.2) is 45.7 Å². The molecule has 6 nitrogen and oxygen atoms in total. The van der Waals surface area contributed by atoms with Gasteiger partial charge in [-0.2, -0.15) is 0 Å². The van der Waals surface area contributed by atoms with Crippen LogP contribution in [0.3, 0.4) is 0 Å². The van der Waals surface area contributed by atoms with E-state index in [-0.39, 0.29) is 12.0 Å². The molecule has 0 aromatic carbocycles. The van der Waals surface area contributed by atoms with Crippen LogP contribution in [-0.2, 0) is 29.4 Å². The summed E-state index contributed by atoms with van der Waals surface area (Å²) in [4.78, 5) is 14.8. The number of thioether (sulfide) groups is 1. The van der Waals surface area contributed by atoms with E-state index in [1.807, 2.05) is 23.0 Å². The third kappa shape index (κ3) is 4.92. The van der Waals surface area contributed by atoms with Gasteiger partial charge in [0.25, 0.3) is 0 Å². The van der Waals surface area contributed by atoms with Gasteiger partial charge in [0.05, 0.1) is 16.7 Å². The van der Waals surface area contributed by atoms with Gasteiger partial charge >= 0.3 is 0 Å². The number of nitrogens with one attached hydrogen (secondary N) is 1. The van der Waals surface area contributed by atoms with E-state index in [0.29, 0.717) is 17.7 Å². The summed E-state index contributed by atoms with van der Waals surface area (Å²) in [6, 6.07) is 2.31. The summed E-state index contributed by atoms with van der Waals surface area (Å²) in [5.41, 5.74) is 1.82. The zero-order valence-corrected chi connectivity index (χ0v) is 20.0. The van der Waals surface area contributed by atoms with Crippen LogP contribution in [0.15, 0.2) is 11.2 Å². The molecular formula is C22H32N4O2S2. The highest BCUT2D eigenvalue weighted by molar-refractivity contribution is 7.99. The van der Waals surface area contributed by atoms with E-state index in [0.717, 1.165) is 49.2 Å². The van der Waals surface area contributed by atoms with Crippen molar-refractivity contribution in [3.05, 3.63) is 16.5 Å². The molecule has 0 spiro atoms. The number of fused-ring (bicyclic) bond motifs is 1. The van der Waals surface area contributed by atoms with Gasteiger partial charge in [-0.15, -0.1) is 21.5 Å². The Labute approximate surface area is 187 Å². The van der Waals surface area contributed by atoms with Crippen molar-refractivity contribution in [2.24, 2.45) is 18.4 Å². The Morgan fingerprint density at radius 2 is 2.20 bits per heavy atom. The van der Waals surface area contributed by atoms with Gasteiger partial charge in [0.2, 0.25) is 5.91 Å². The van der Waals surface area contributed by atoms with Crippen LogP contribution in [0.25, 0.3) is 10.7 Å². The lowest BCUT2D eigenvalue weighted by Gasteiger charge is -2.33. The normalized spacial score (nSPS) is 21.6. The smallest absolute Gasteiger partial charge is 0.230 e. The van der Waals surface area contributed by atoms with Crippen LogP contribution < -0.4 is 5.32 Å². The maximum Gasteiger partial charge on any atom is 0.230 e. The molecule has 1 aliphatic heterocycles. The molecule has 2 unspecified atom stereocenters. The number of thiophene rings is 1. The number of nitrogens with zero attached hydrogens (tertiary/aromatic N) is 3. The number of aromatic nitrogens is 3. The molecule has 0 saturated carbocycles. The summed E-state index contributed by atoms with van der Waals surface area (Å²) < 4.78 is 7.56. The van der Waals surface area contributed by atoms with E-state index < -0.39 is 0 Å². The average Bonchev–Trinajstić information content (AvgIpc) is 3.43. The molecule has 1 N–H and O–H groups in total.